The number of piperidine rings is 1. The third-order valence-electron chi connectivity index (χ3n) is 3.73. The van der Waals surface area contributed by atoms with Crippen LogP contribution in [0.3, 0.4) is 0 Å². The Morgan fingerprint density at radius 3 is 2.89 bits per heavy atom. The van der Waals surface area contributed by atoms with Crippen LogP contribution in [0.25, 0.3) is 0 Å². The SMILES string of the molecule is CCOc1cc(N2CCC(N)C(CC)C2)nc(C)n1. The van der Waals surface area contributed by atoms with Crippen LogP contribution in [-0.2, 0) is 0 Å². The highest BCUT2D eigenvalue weighted by Crippen LogP contribution is 2.25. The Labute approximate surface area is 115 Å². The molecular weight excluding hydrogens is 240 g/mol. The van der Waals surface area contributed by atoms with E-state index < -0.39 is 0 Å². The molecule has 2 unspecified atom stereocenters. The topological polar surface area (TPSA) is 64.3 Å². The number of rotatable bonds is 4. The van der Waals surface area contributed by atoms with Crippen LogP contribution in [0.4, 0.5) is 5.82 Å². The summed E-state index contributed by atoms with van der Waals surface area (Å²) in [6, 6.07) is 2.25. The van der Waals surface area contributed by atoms with Crippen molar-refractivity contribution < 1.29 is 4.74 Å². The standard InChI is InChI=1S/C14H24N4O/c1-4-11-9-18(7-6-12(11)15)13-8-14(19-5-2)17-10(3)16-13/h8,11-12H,4-7,9,15H2,1-3H3. The second-order valence-electron chi connectivity index (χ2n) is 5.11. The van der Waals surface area contributed by atoms with Crippen molar-refractivity contribution in [1.82, 2.24) is 9.97 Å². The lowest BCUT2D eigenvalue weighted by Gasteiger charge is -2.37. The molecule has 2 heterocycles. The van der Waals surface area contributed by atoms with Crippen molar-refractivity contribution in [3.05, 3.63) is 11.9 Å². The minimum absolute atomic E-state index is 0.315. The van der Waals surface area contributed by atoms with Crippen LogP contribution < -0.4 is 15.4 Å². The molecule has 0 spiro atoms. The lowest BCUT2D eigenvalue weighted by atomic mass is 9.91. The van der Waals surface area contributed by atoms with Crippen LogP contribution in [-0.4, -0.2) is 35.7 Å². The molecule has 1 saturated heterocycles. The van der Waals surface area contributed by atoms with Crippen LogP contribution in [0.5, 0.6) is 5.88 Å². The minimum Gasteiger partial charge on any atom is -0.478 e. The fourth-order valence-corrected chi connectivity index (χ4v) is 2.60. The zero-order chi connectivity index (χ0) is 13.8. The van der Waals surface area contributed by atoms with E-state index in [2.05, 4.69) is 21.8 Å². The molecule has 1 aliphatic rings. The van der Waals surface area contributed by atoms with Crippen LogP contribution in [0.2, 0.25) is 0 Å². The smallest absolute Gasteiger partial charge is 0.218 e. The van der Waals surface area contributed by atoms with Gasteiger partial charge in [0.15, 0.2) is 0 Å². The molecule has 2 rings (SSSR count). The number of ether oxygens (including phenoxy) is 1. The average Bonchev–Trinajstić information content (AvgIpc) is 2.39. The number of anilines is 1. The van der Waals surface area contributed by atoms with E-state index in [0.717, 1.165) is 37.6 Å². The van der Waals surface area contributed by atoms with Crippen molar-refractivity contribution in [2.45, 2.75) is 39.7 Å². The van der Waals surface area contributed by atoms with Gasteiger partial charge in [0.1, 0.15) is 11.6 Å². The number of hydrogen-bond donors (Lipinski definition) is 1. The molecule has 0 amide bonds. The quantitative estimate of drug-likeness (QED) is 0.897. The van der Waals surface area contributed by atoms with Gasteiger partial charge in [-0.15, -0.1) is 0 Å². The molecule has 0 aromatic carbocycles. The van der Waals surface area contributed by atoms with Gasteiger partial charge in [0.25, 0.3) is 0 Å². The first-order valence-electron chi connectivity index (χ1n) is 7.13. The number of nitrogens with two attached hydrogens (primary N) is 1. The van der Waals surface area contributed by atoms with Gasteiger partial charge in [-0.2, -0.15) is 4.98 Å². The van der Waals surface area contributed by atoms with E-state index in [1.165, 1.54) is 0 Å². The summed E-state index contributed by atoms with van der Waals surface area (Å²) in [5.41, 5.74) is 6.15. The van der Waals surface area contributed by atoms with E-state index in [-0.39, 0.29) is 0 Å². The van der Waals surface area contributed by atoms with Gasteiger partial charge in [-0.05, 0) is 26.2 Å². The van der Waals surface area contributed by atoms with Crippen LogP contribution in [0.1, 0.15) is 32.5 Å². The van der Waals surface area contributed by atoms with Crippen LogP contribution >= 0.6 is 0 Å². The van der Waals surface area contributed by atoms with Crippen LogP contribution in [0, 0.1) is 12.8 Å². The third kappa shape index (κ3) is 3.35. The molecule has 2 N–H and O–H groups in total. The van der Waals surface area contributed by atoms with E-state index in [1.807, 2.05) is 19.9 Å². The molecule has 0 saturated carbocycles. The van der Waals surface area contributed by atoms with Gasteiger partial charge in [0.2, 0.25) is 5.88 Å². The van der Waals surface area contributed by atoms with Crippen molar-refractivity contribution >= 4 is 5.82 Å². The maximum absolute atomic E-state index is 6.15. The van der Waals surface area contributed by atoms with Gasteiger partial charge in [0, 0.05) is 25.2 Å². The third-order valence-corrected chi connectivity index (χ3v) is 3.73. The Balaban J connectivity index is 2.17. The molecular formula is C14H24N4O. The predicted octanol–water partition coefficient (Wildman–Crippen LogP) is 1.75. The molecule has 1 aromatic rings. The summed E-state index contributed by atoms with van der Waals surface area (Å²) in [5, 5.41) is 0. The number of hydrogen-bond acceptors (Lipinski definition) is 5. The monoisotopic (exact) mass is 264 g/mol. The largest absolute Gasteiger partial charge is 0.478 e. The Hall–Kier alpha value is -1.36. The first kappa shape index (κ1) is 14.1. The summed E-state index contributed by atoms with van der Waals surface area (Å²) < 4.78 is 5.49. The van der Waals surface area contributed by atoms with Crippen molar-refractivity contribution in [1.29, 1.82) is 0 Å². The van der Waals surface area contributed by atoms with Gasteiger partial charge >= 0.3 is 0 Å². The lowest BCUT2D eigenvalue weighted by molar-refractivity contribution is 0.323. The highest BCUT2D eigenvalue weighted by Gasteiger charge is 2.26. The zero-order valence-corrected chi connectivity index (χ0v) is 12.1. The first-order chi connectivity index (χ1) is 9.13. The molecule has 5 heteroatoms. The van der Waals surface area contributed by atoms with E-state index in [0.29, 0.717) is 24.4 Å². The van der Waals surface area contributed by atoms with Gasteiger partial charge in [-0.3, -0.25) is 0 Å². The highest BCUT2D eigenvalue weighted by atomic mass is 16.5. The van der Waals surface area contributed by atoms with Crippen molar-refractivity contribution in [3.63, 3.8) is 0 Å². The van der Waals surface area contributed by atoms with Gasteiger partial charge in [-0.1, -0.05) is 13.3 Å². The van der Waals surface area contributed by atoms with E-state index in [1.54, 1.807) is 0 Å². The summed E-state index contributed by atoms with van der Waals surface area (Å²) in [5.74, 6) is 2.91. The maximum atomic E-state index is 6.15. The Bertz CT molecular complexity index is 424. The summed E-state index contributed by atoms with van der Waals surface area (Å²) in [7, 11) is 0. The molecule has 1 aliphatic heterocycles. The molecule has 2 atom stereocenters. The average molecular weight is 264 g/mol. The fraction of sp³-hybridized carbons (Fsp3) is 0.714. The predicted molar refractivity (Wildman–Crippen MR) is 76.5 cm³/mol. The van der Waals surface area contributed by atoms with Gasteiger partial charge in [-0.25, -0.2) is 4.98 Å². The summed E-state index contributed by atoms with van der Waals surface area (Å²) in [4.78, 5) is 11.1. The Morgan fingerprint density at radius 2 is 2.21 bits per heavy atom. The van der Waals surface area contributed by atoms with Crippen LogP contribution in [0.15, 0.2) is 6.07 Å². The maximum Gasteiger partial charge on any atom is 0.218 e. The van der Waals surface area contributed by atoms with E-state index >= 15 is 0 Å². The zero-order valence-electron chi connectivity index (χ0n) is 12.1. The van der Waals surface area contributed by atoms with E-state index in [4.69, 9.17) is 10.5 Å². The van der Waals surface area contributed by atoms with Crippen molar-refractivity contribution in [2.75, 3.05) is 24.6 Å². The summed E-state index contributed by atoms with van der Waals surface area (Å²) in [6.07, 6.45) is 2.13. The minimum atomic E-state index is 0.315. The van der Waals surface area contributed by atoms with Gasteiger partial charge in [0.05, 0.1) is 6.61 Å². The molecule has 5 nitrogen and oxygen atoms in total. The molecule has 1 aromatic heterocycles. The molecule has 106 valence electrons. The lowest BCUT2D eigenvalue weighted by Crippen LogP contribution is -2.47. The van der Waals surface area contributed by atoms with Crippen molar-refractivity contribution in [2.24, 2.45) is 11.7 Å². The van der Waals surface area contributed by atoms with E-state index in [9.17, 15) is 0 Å². The normalized spacial score (nSPS) is 23.5. The molecule has 19 heavy (non-hydrogen) atoms. The summed E-state index contributed by atoms with van der Waals surface area (Å²) >= 11 is 0. The Kier molecular flexibility index (Phi) is 4.58. The number of nitrogens with zero attached hydrogens (tertiary/aromatic N) is 3. The first-order valence-corrected chi connectivity index (χ1v) is 7.13. The molecule has 0 radical (unpaired) electrons. The fourth-order valence-electron chi connectivity index (χ4n) is 2.60. The molecule has 0 aliphatic carbocycles. The Morgan fingerprint density at radius 1 is 1.42 bits per heavy atom. The highest BCUT2D eigenvalue weighted by molar-refractivity contribution is 5.42. The van der Waals surface area contributed by atoms with Crippen molar-refractivity contribution in [3.8, 4) is 5.88 Å². The van der Waals surface area contributed by atoms with Gasteiger partial charge < -0.3 is 15.4 Å². The number of aromatic nitrogens is 2. The summed E-state index contributed by atoms with van der Waals surface area (Å²) in [6.45, 7) is 8.62. The molecule has 1 fully saturated rings. The second-order valence-corrected chi connectivity index (χ2v) is 5.11. The second kappa shape index (κ2) is 6.19. The molecule has 0 bridgehead atoms. The number of aryl methyl sites for hydroxylation is 1.